The Hall–Kier alpha value is -4.65. The van der Waals surface area contributed by atoms with Crippen molar-refractivity contribution in [2.75, 3.05) is 6.61 Å². The number of nitrogens with one attached hydrogen (secondary N) is 1. The number of nitrogens with zero attached hydrogens (tertiary/aromatic N) is 1. The Balaban J connectivity index is 1.18. The molecular formula is C38H38N2O5. The number of ketones is 1. The highest BCUT2D eigenvalue weighted by molar-refractivity contribution is 6.04. The molecule has 0 bridgehead atoms. The van der Waals surface area contributed by atoms with E-state index in [2.05, 4.69) is 28.1 Å². The number of carbonyl (C=O) groups is 3. The minimum absolute atomic E-state index is 0.00176. The number of carboxylic acids is 1. The SMILES string of the molecule is O=C(O)/C=C/c1ccc(CC(=O)C2(NC(=O)c3ccc4c(C5CCCCC5)c5n(c4c3)CCOc3ccccc3-5)CCC2)cc1. The number of rotatable bonds is 8. The normalized spacial score (nSPS) is 17.5. The van der Waals surface area contributed by atoms with Gasteiger partial charge in [-0.15, -0.1) is 0 Å². The third kappa shape index (κ3) is 5.56. The highest BCUT2D eigenvalue weighted by atomic mass is 16.5. The van der Waals surface area contributed by atoms with E-state index in [-0.39, 0.29) is 18.1 Å². The van der Waals surface area contributed by atoms with Gasteiger partial charge in [-0.05, 0) is 85.1 Å². The summed E-state index contributed by atoms with van der Waals surface area (Å²) < 4.78 is 8.53. The second-order valence-electron chi connectivity index (χ2n) is 12.7. The predicted octanol–water partition coefficient (Wildman–Crippen LogP) is 7.31. The van der Waals surface area contributed by atoms with Gasteiger partial charge >= 0.3 is 5.97 Å². The second-order valence-corrected chi connectivity index (χ2v) is 12.7. The average Bonchev–Trinajstić information content (AvgIpc) is 3.23. The number of fused-ring (bicyclic) bond motifs is 5. The van der Waals surface area contributed by atoms with Crippen LogP contribution in [-0.4, -0.2) is 39.5 Å². The number of carbonyl (C=O) groups excluding carboxylic acids is 2. The van der Waals surface area contributed by atoms with E-state index in [1.165, 1.54) is 54.8 Å². The van der Waals surface area contributed by atoms with Gasteiger partial charge in [-0.1, -0.05) is 61.7 Å². The molecule has 1 aliphatic heterocycles. The molecule has 230 valence electrons. The summed E-state index contributed by atoms with van der Waals surface area (Å²) in [5.74, 6) is 0.154. The molecule has 1 aromatic heterocycles. The lowest BCUT2D eigenvalue weighted by Crippen LogP contribution is -2.59. The lowest BCUT2D eigenvalue weighted by Gasteiger charge is -2.41. The van der Waals surface area contributed by atoms with E-state index in [1.807, 2.05) is 36.4 Å². The van der Waals surface area contributed by atoms with E-state index in [9.17, 15) is 14.4 Å². The number of para-hydroxylation sites is 1. The molecule has 3 aliphatic rings. The Morgan fingerprint density at radius 1 is 0.956 bits per heavy atom. The van der Waals surface area contributed by atoms with Gasteiger partial charge < -0.3 is 19.7 Å². The monoisotopic (exact) mass is 602 g/mol. The average molecular weight is 603 g/mol. The van der Waals surface area contributed by atoms with Gasteiger partial charge in [0.2, 0.25) is 0 Å². The molecule has 0 spiro atoms. The lowest BCUT2D eigenvalue weighted by atomic mass is 9.72. The molecule has 2 fully saturated rings. The Morgan fingerprint density at radius 2 is 1.73 bits per heavy atom. The number of benzene rings is 3. The number of hydrogen-bond acceptors (Lipinski definition) is 4. The van der Waals surface area contributed by atoms with Crippen LogP contribution in [0.15, 0.2) is 72.8 Å². The van der Waals surface area contributed by atoms with Crippen LogP contribution in [0.5, 0.6) is 5.75 Å². The summed E-state index contributed by atoms with van der Waals surface area (Å²) in [6.07, 6.45) is 11.0. The van der Waals surface area contributed by atoms with Crippen molar-refractivity contribution in [1.82, 2.24) is 9.88 Å². The molecule has 0 unspecified atom stereocenters. The van der Waals surface area contributed by atoms with Crippen LogP contribution in [0.1, 0.15) is 84.3 Å². The summed E-state index contributed by atoms with van der Waals surface area (Å²) >= 11 is 0. The molecular weight excluding hydrogens is 564 g/mol. The molecule has 7 heteroatoms. The maximum absolute atomic E-state index is 13.8. The Bertz CT molecular complexity index is 1810. The van der Waals surface area contributed by atoms with Crippen LogP contribution in [0.4, 0.5) is 0 Å². The summed E-state index contributed by atoms with van der Waals surface area (Å²) in [6.45, 7) is 1.26. The molecule has 2 aliphatic carbocycles. The first-order chi connectivity index (χ1) is 21.9. The maximum Gasteiger partial charge on any atom is 0.328 e. The van der Waals surface area contributed by atoms with Gasteiger partial charge in [-0.25, -0.2) is 4.79 Å². The third-order valence-corrected chi connectivity index (χ3v) is 9.95. The van der Waals surface area contributed by atoms with Crippen molar-refractivity contribution in [1.29, 1.82) is 0 Å². The van der Waals surface area contributed by atoms with Crippen LogP contribution in [0.25, 0.3) is 28.2 Å². The fourth-order valence-corrected chi connectivity index (χ4v) is 7.44. The molecule has 0 radical (unpaired) electrons. The van der Waals surface area contributed by atoms with Crippen molar-refractivity contribution in [2.45, 2.75) is 75.8 Å². The zero-order valence-corrected chi connectivity index (χ0v) is 25.4. The first kappa shape index (κ1) is 29.1. The summed E-state index contributed by atoms with van der Waals surface area (Å²) in [6, 6.07) is 21.6. The fraction of sp³-hybridized carbons (Fsp3) is 0.342. The molecule has 7 nitrogen and oxygen atoms in total. The fourth-order valence-electron chi connectivity index (χ4n) is 7.44. The smallest absolute Gasteiger partial charge is 0.328 e. The van der Waals surface area contributed by atoms with E-state index in [1.54, 1.807) is 12.1 Å². The minimum Gasteiger partial charge on any atom is -0.491 e. The van der Waals surface area contributed by atoms with E-state index >= 15 is 0 Å². The van der Waals surface area contributed by atoms with E-state index in [0.29, 0.717) is 37.5 Å². The van der Waals surface area contributed by atoms with Gasteiger partial charge in [0, 0.05) is 34.5 Å². The number of amides is 1. The molecule has 2 N–H and O–H groups in total. The van der Waals surface area contributed by atoms with Gasteiger partial charge in [-0.2, -0.15) is 0 Å². The molecule has 1 amide bonds. The predicted molar refractivity (Wildman–Crippen MR) is 175 cm³/mol. The maximum atomic E-state index is 13.8. The van der Waals surface area contributed by atoms with E-state index in [0.717, 1.165) is 40.5 Å². The zero-order valence-electron chi connectivity index (χ0n) is 25.4. The van der Waals surface area contributed by atoms with Crippen molar-refractivity contribution in [3.8, 4) is 17.0 Å². The van der Waals surface area contributed by atoms with E-state index < -0.39 is 11.5 Å². The molecule has 0 atom stereocenters. The number of aromatic nitrogens is 1. The third-order valence-electron chi connectivity index (χ3n) is 9.95. The molecule has 3 aromatic carbocycles. The van der Waals surface area contributed by atoms with Crippen LogP contribution in [-0.2, 0) is 22.6 Å². The summed E-state index contributed by atoms with van der Waals surface area (Å²) in [7, 11) is 0. The van der Waals surface area contributed by atoms with Crippen LogP contribution >= 0.6 is 0 Å². The molecule has 7 rings (SSSR count). The van der Waals surface area contributed by atoms with Gasteiger partial charge in [0.25, 0.3) is 5.91 Å². The van der Waals surface area contributed by atoms with E-state index in [4.69, 9.17) is 9.84 Å². The highest BCUT2D eigenvalue weighted by Gasteiger charge is 2.45. The Morgan fingerprint density at radius 3 is 2.47 bits per heavy atom. The molecule has 0 saturated heterocycles. The van der Waals surface area contributed by atoms with Gasteiger partial charge in [0.05, 0.1) is 17.8 Å². The summed E-state index contributed by atoms with van der Waals surface area (Å²) in [5, 5.41) is 13.2. The van der Waals surface area contributed by atoms with Crippen molar-refractivity contribution >= 4 is 34.6 Å². The van der Waals surface area contributed by atoms with Gasteiger partial charge in [0.15, 0.2) is 5.78 Å². The lowest BCUT2D eigenvalue weighted by molar-refractivity contribution is -0.131. The Labute approximate surface area is 262 Å². The number of aliphatic carboxylic acids is 1. The summed E-state index contributed by atoms with van der Waals surface area (Å²) in [5.41, 5.74) is 6.03. The zero-order chi connectivity index (χ0) is 31.0. The number of Topliss-reactive ketones (excluding diaryl/α,β-unsaturated/α-hetero) is 1. The quantitative estimate of drug-likeness (QED) is 0.206. The van der Waals surface area contributed by atoms with Gasteiger partial charge in [-0.3, -0.25) is 9.59 Å². The van der Waals surface area contributed by atoms with Crippen molar-refractivity contribution in [3.63, 3.8) is 0 Å². The number of carboxylic acid groups (broad SMARTS) is 1. The van der Waals surface area contributed by atoms with Crippen molar-refractivity contribution < 1.29 is 24.2 Å². The van der Waals surface area contributed by atoms with Gasteiger partial charge in [0.1, 0.15) is 12.4 Å². The largest absolute Gasteiger partial charge is 0.491 e. The standard InChI is InChI=1S/C38H38N2O5/c41-33(23-26-13-11-25(12-14-26)15-18-34(42)43)38(19-6-20-38)39-37(44)28-16-17-29-31(24-28)40-21-22-45-32-10-5-4-9-30(32)36(40)35(29)27-7-2-1-3-8-27/h4-5,9-18,24,27H,1-3,6-8,19-23H2,(H,39,44)(H,42,43)/b18-15+. The van der Waals surface area contributed by atoms with Crippen LogP contribution in [0.2, 0.25) is 0 Å². The highest BCUT2D eigenvalue weighted by Crippen LogP contribution is 2.47. The summed E-state index contributed by atoms with van der Waals surface area (Å²) in [4.78, 5) is 38.2. The molecule has 4 aromatic rings. The van der Waals surface area contributed by atoms with Crippen LogP contribution in [0, 0.1) is 0 Å². The van der Waals surface area contributed by atoms with Crippen LogP contribution < -0.4 is 10.1 Å². The molecule has 2 saturated carbocycles. The first-order valence-electron chi connectivity index (χ1n) is 16.2. The second kappa shape index (κ2) is 12.0. The van der Waals surface area contributed by atoms with Crippen molar-refractivity contribution in [3.05, 3.63) is 95.1 Å². The van der Waals surface area contributed by atoms with Crippen LogP contribution in [0.3, 0.4) is 0 Å². The topological polar surface area (TPSA) is 97.6 Å². The first-order valence-corrected chi connectivity index (χ1v) is 16.2. The minimum atomic E-state index is -1.01. The molecule has 45 heavy (non-hydrogen) atoms. The molecule has 2 heterocycles. The van der Waals surface area contributed by atoms with Crippen molar-refractivity contribution in [2.24, 2.45) is 0 Å². The number of ether oxygens (including phenoxy) is 1. The Kier molecular flexibility index (Phi) is 7.78. The number of hydrogen-bond donors (Lipinski definition) is 2.